The second kappa shape index (κ2) is 3.72. The summed E-state index contributed by atoms with van der Waals surface area (Å²) in [4.78, 5) is 13.4. The van der Waals surface area contributed by atoms with Crippen molar-refractivity contribution in [1.29, 1.82) is 0 Å². The Kier molecular flexibility index (Phi) is 3.08. The summed E-state index contributed by atoms with van der Waals surface area (Å²) in [5, 5.41) is 1.91. The average molecular weight is 225 g/mol. The third kappa shape index (κ3) is 2.29. The number of aryl methyl sites for hydroxylation is 1. The van der Waals surface area contributed by atoms with Crippen LogP contribution in [0.25, 0.3) is 0 Å². The molecule has 0 aliphatic carbocycles. The molecule has 0 aliphatic rings. The molecule has 2 nitrogen and oxygen atoms in total. The van der Waals surface area contributed by atoms with Crippen molar-refractivity contribution in [2.24, 2.45) is 11.1 Å². The van der Waals surface area contributed by atoms with Crippen molar-refractivity contribution in [2.75, 3.05) is 0 Å². The zero-order chi connectivity index (χ0) is 11.9. The van der Waals surface area contributed by atoms with Crippen LogP contribution in [0.15, 0.2) is 11.4 Å². The Morgan fingerprint density at radius 1 is 1.33 bits per heavy atom. The highest BCUT2D eigenvalue weighted by atomic mass is 32.1. The molecular weight excluding hydrogens is 206 g/mol. The molecule has 0 radical (unpaired) electrons. The van der Waals surface area contributed by atoms with Crippen molar-refractivity contribution in [2.45, 2.75) is 40.2 Å². The quantitative estimate of drug-likeness (QED) is 0.804. The van der Waals surface area contributed by atoms with Crippen LogP contribution in [0.4, 0.5) is 0 Å². The molecule has 1 aromatic heterocycles. The monoisotopic (exact) mass is 225 g/mol. The summed E-state index contributed by atoms with van der Waals surface area (Å²) in [6.07, 6.45) is 0. The zero-order valence-corrected chi connectivity index (χ0v) is 10.9. The summed E-state index contributed by atoms with van der Waals surface area (Å²) in [6.45, 7) is 9.60. The molecule has 0 spiro atoms. The fourth-order valence-electron chi connectivity index (χ4n) is 1.22. The van der Waals surface area contributed by atoms with Crippen LogP contribution in [0.3, 0.4) is 0 Å². The second-order valence-corrected chi connectivity index (χ2v) is 6.24. The lowest BCUT2D eigenvalue weighted by molar-refractivity contribution is 0.0735. The summed E-state index contributed by atoms with van der Waals surface area (Å²) < 4.78 is 0. The fourth-order valence-corrected chi connectivity index (χ4v) is 1.90. The van der Waals surface area contributed by atoms with Gasteiger partial charge in [-0.2, -0.15) is 0 Å². The summed E-state index contributed by atoms with van der Waals surface area (Å²) in [5.41, 5.74) is 5.76. The van der Waals surface area contributed by atoms with E-state index in [1.165, 1.54) is 0 Å². The van der Waals surface area contributed by atoms with Gasteiger partial charge in [0.1, 0.15) is 0 Å². The van der Waals surface area contributed by atoms with Crippen molar-refractivity contribution in [1.82, 2.24) is 0 Å². The standard InChI is InChI=1S/C12H19NOS/c1-8-6-9(7-15-8)10(14)11(2,3)12(4,5)13/h6-7H,13H2,1-5H3. The maximum atomic E-state index is 12.3. The fraction of sp³-hybridized carbons (Fsp3) is 0.583. The molecule has 84 valence electrons. The Bertz CT molecular complexity index is 371. The Morgan fingerprint density at radius 2 is 1.87 bits per heavy atom. The lowest BCUT2D eigenvalue weighted by Crippen LogP contribution is -2.51. The van der Waals surface area contributed by atoms with Crippen LogP contribution in [-0.2, 0) is 0 Å². The molecule has 0 aliphatic heterocycles. The van der Waals surface area contributed by atoms with E-state index in [-0.39, 0.29) is 5.78 Å². The zero-order valence-electron chi connectivity index (χ0n) is 10.0. The number of hydrogen-bond donors (Lipinski definition) is 1. The van der Waals surface area contributed by atoms with E-state index in [1.54, 1.807) is 11.3 Å². The predicted molar refractivity (Wildman–Crippen MR) is 65.4 cm³/mol. The van der Waals surface area contributed by atoms with Gasteiger partial charge in [-0.1, -0.05) is 13.8 Å². The molecule has 0 atom stereocenters. The van der Waals surface area contributed by atoms with Gasteiger partial charge in [0.25, 0.3) is 0 Å². The van der Waals surface area contributed by atoms with Crippen LogP contribution in [0, 0.1) is 12.3 Å². The molecule has 0 fully saturated rings. The number of rotatable bonds is 3. The molecule has 0 saturated heterocycles. The van der Waals surface area contributed by atoms with E-state index in [1.807, 2.05) is 46.1 Å². The van der Waals surface area contributed by atoms with E-state index in [0.29, 0.717) is 0 Å². The van der Waals surface area contributed by atoms with E-state index >= 15 is 0 Å². The molecule has 1 heterocycles. The van der Waals surface area contributed by atoms with Crippen molar-refractivity contribution >= 4 is 17.1 Å². The number of thiophene rings is 1. The number of nitrogens with two attached hydrogens (primary N) is 1. The average Bonchev–Trinajstić information content (AvgIpc) is 2.48. The van der Waals surface area contributed by atoms with E-state index in [9.17, 15) is 4.79 Å². The first-order valence-electron chi connectivity index (χ1n) is 5.05. The third-order valence-electron chi connectivity index (χ3n) is 3.17. The molecule has 1 aromatic rings. The Morgan fingerprint density at radius 3 is 2.20 bits per heavy atom. The minimum atomic E-state index is -0.541. The minimum Gasteiger partial charge on any atom is -0.325 e. The molecule has 0 bridgehead atoms. The van der Waals surface area contributed by atoms with Gasteiger partial charge in [-0.05, 0) is 26.8 Å². The lowest BCUT2D eigenvalue weighted by atomic mass is 9.70. The highest BCUT2D eigenvalue weighted by Gasteiger charge is 2.40. The van der Waals surface area contributed by atoms with Crippen LogP contribution in [0.2, 0.25) is 0 Å². The van der Waals surface area contributed by atoms with E-state index < -0.39 is 11.0 Å². The topological polar surface area (TPSA) is 43.1 Å². The SMILES string of the molecule is Cc1cc(C(=O)C(C)(C)C(C)(C)N)cs1. The second-order valence-electron chi connectivity index (χ2n) is 5.12. The molecule has 0 amide bonds. The smallest absolute Gasteiger partial charge is 0.171 e. The first-order valence-corrected chi connectivity index (χ1v) is 5.93. The Labute approximate surface area is 95.5 Å². The van der Waals surface area contributed by atoms with Crippen molar-refractivity contribution in [3.8, 4) is 0 Å². The van der Waals surface area contributed by atoms with Gasteiger partial charge in [-0.3, -0.25) is 4.79 Å². The highest BCUT2D eigenvalue weighted by molar-refractivity contribution is 7.10. The Balaban J connectivity index is 3.05. The predicted octanol–water partition coefficient (Wildman–Crippen LogP) is 3.00. The molecule has 0 unspecified atom stereocenters. The summed E-state index contributed by atoms with van der Waals surface area (Å²) in [6, 6.07) is 1.93. The van der Waals surface area contributed by atoms with Gasteiger partial charge in [0, 0.05) is 26.8 Å². The van der Waals surface area contributed by atoms with Gasteiger partial charge < -0.3 is 5.73 Å². The molecule has 2 N–H and O–H groups in total. The molecule has 0 aromatic carbocycles. The minimum absolute atomic E-state index is 0.124. The van der Waals surface area contributed by atoms with Crippen molar-refractivity contribution in [3.05, 3.63) is 21.9 Å². The molecule has 0 saturated carbocycles. The summed E-state index contributed by atoms with van der Waals surface area (Å²) >= 11 is 1.60. The molecular formula is C12H19NOS. The van der Waals surface area contributed by atoms with Gasteiger partial charge >= 0.3 is 0 Å². The Hall–Kier alpha value is -0.670. The first-order chi connectivity index (χ1) is 6.66. The van der Waals surface area contributed by atoms with E-state index in [2.05, 4.69) is 0 Å². The van der Waals surface area contributed by atoms with Crippen LogP contribution in [-0.4, -0.2) is 11.3 Å². The van der Waals surface area contributed by atoms with Gasteiger partial charge in [-0.15, -0.1) is 11.3 Å². The third-order valence-corrected chi connectivity index (χ3v) is 4.03. The normalized spacial score (nSPS) is 12.9. The molecule has 3 heteroatoms. The summed E-state index contributed by atoms with van der Waals surface area (Å²) in [7, 11) is 0. The first kappa shape index (κ1) is 12.4. The number of carbonyl (C=O) groups is 1. The van der Waals surface area contributed by atoms with Crippen LogP contribution >= 0.6 is 11.3 Å². The number of ketones is 1. The molecule has 1 rings (SSSR count). The number of hydrogen-bond acceptors (Lipinski definition) is 3. The van der Waals surface area contributed by atoms with Gasteiger partial charge in [0.15, 0.2) is 5.78 Å². The van der Waals surface area contributed by atoms with Crippen LogP contribution in [0.1, 0.15) is 42.9 Å². The van der Waals surface area contributed by atoms with E-state index in [0.717, 1.165) is 10.4 Å². The number of Topliss-reactive ketones (excluding diaryl/α,β-unsaturated/α-hetero) is 1. The number of carbonyl (C=O) groups excluding carboxylic acids is 1. The van der Waals surface area contributed by atoms with Gasteiger partial charge in [0.05, 0.1) is 0 Å². The van der Waals surface area contributed by atoms with Gasteiger partial charge in [0.2, 0.25) is 0 Å². The highest BCUT2D eigenvalue weighted by Crippen LogP contribution is 2.33. The van der Waals surface area contributed by atoms with Crippen molar-refractivity contribution < 1.29 is 4.79 Å². The largest absolute Gasteiger partial charge is 0.325 e. The van der Waals surface area contributed by atoms with Gasteiger partial charge in [-0.25, -0.2) is 0 Å². The van der Waals surface area contributed by atoms with Crippen LogP contribution in [0.5, 0.6) is 0 Å². The maximum absolute atomic E-state index is 12.3. The van der Waals surface area contributed by atoms with Crippen molar-refractivity contribution in [3.63, 3.8) is 0 Å². The molecule has 15 heavy (non-hydrogen) atoms. The van der Waals surface area contributed by atoms with Crippen LogP contribution < -0.4 is 5.73 Å². The summed E-state index contributed by atoms with van der Waals surface area (Å²) in [5.74, 6) is 0.124. The maximum Gasteiger partial charge on any atom is 0.171 e. The van der Waals surface area contributed by atoms with E-state index in [4.69, 9.17) is 5.73 Å². The lowest BCUT2D eigenvalue weighted by Gasteiger charge is -2.36.